The summed E-state index contributed by atoms with van der Waals surface area (Å²) in [5, 5.41) is 9.35. The smallest absolute Gasteiger partial charge is 0.223 e. The molecule has 1 aliphatic rings. The molecule has 0 radical (unpaired) electrons. The minimum atomic E-state index is -0.513. The molecule has 0 saturated carbocycles. The van der Waals surface area contributed by atoms with E-state index in [0.29, 0.717) is 13.2 Å². The molecule has 0 saturated heterocycles. The van der Waals surface area contributed by atoms with Crippen molar-refractivity contribution in [3.8, 4) is 5.75 Å². The number of nitrogens with zero attached hydrogens (tertiary/aromatic N) is 1. The molecule has 68 valence electrons. The van der Waals surface area contributed by atoms with Crippen molar-refractivity contribution in [2.45, 2.75) is 0 Å². The molecule has 13 heavy (non-hydrogen) atoms. The summed E-state index contributed by atoms with van der Waals surface area (Å²) in [6.07, 6.45) is 0. The van der Waals surface area contributed by atoms with Crippen molar-refractivity contribution in [2.75, 3.05) is 13.2 Å². The molecule has 0 aromatic heterocycles. The molecule has 2 rings (SSSR count). The van der Waals surface area contributed by atoms with E-state index in [1.54, 1.807) is 0 Å². The van der Waals surface area contributed by atoms with Gasteiger partial charge in [-0.3, -0.25) is 0 Å². The number of aliphatic imine (C=N–C) groups is 1. The van der Waals surface area contributed by atoms with Gasteiger partial charge in [0.15, 0.2) is 0 Å². The number of halogens is 1. The van der Waals surface area contributed by atoms with Crippen LogP contribution < -0.4 is 0 Å². The molecule has 0 unspecified atom stereocenters. The highest BCUT2D eigenvalue weighted by atomic mass is 19.1. The summed E-state index contributed by atoms with van der Waals surface area (Å²) >= 11 is 0. The third-order valence-corrected chi connectivity index (χ3v) is 1.79. The molecule has 0 bridgehead atoms. The Morgan fingerprint density at radius 3 is 2.92 bits per heavy atom. The quantitative estimate of drug-likeness (QED) is 0.709. The molecule has 1 heterocycles. The molecule has 0 atom stereocenters. The normalized spacial score (nSPS) is 15.3. The Hall–Kier alpha value is -1.58. The molecule has 1 aliphatic heterocycles. The van der Waals surface area contributed by atoms with Gasteiger partial charge in [-0.25, -0.2) is 9.38 Å². The summed E-state index contributed by atoms with van der Waals surface area (Å²) in [5.74, 6) is -0.461. The Balaban J connectivity index is 2.49. The highest BCUT2D eigenvalue weighted by Gasteiger charge is 2.18. The zero-order chi connectivity index (χ0) is 9.26. The summed E-state index contributed by atoms with van der Waals surface area (Å²) in [5.41, 5.74) is 0.0556. The van der Waals surface area contributed by atoms with E-state index in [-0.39, 0.29) is 17.2 Å². The summed E-state index contributed by atoms with van der Waals surface area (Å²) in [6.45, 7) is 0.964. The SMILES string of the molecule is Oc1cccc(F)c1C1=NCCO1. The second-order valence-electron chi connectivity index (χ2n) is 2.67. The van der Waals surface area contributed by atoms with E-state index in [1.807, 2.05) is 0 Å². The van der Waals surface area contributed by atoms with Gasteiger partial charge >= 0.3 is 0 Å². The van der Waals surface area contributed by atoms with E-state index in [4.69, 9.17) is 4.74 Å². The van der Waals surface area contributed by atoms with Crippen molar-refractivity contribution in [2.24, 2.45) is 4.99 Å². The van der Waals surface area contributed by atoms with Gasteiger partial charge in [0, 0.05) is 0 Å². The van der Waals surface area contributed by atoms with E-state index >= 15 is 0 Å². The van der Waals surface area contributed by atoms with Gasteiger partial charge in [0.1, 0.15) is 23.7 Å². The van der Waals surface area contributed by atoms with Gasteiger partial charge in [-0.05, 0) is 12.1 Å². The highest BCUT2D eigenvalue weighted by Crippen LogP contribution is 2.22. The minimum absolute atomic E-state index is 0.0556. The lowest BCUT2D eigenvalue weighted by Crippen LogP contribution is -2.04. The predicted molar refractivity (Wildman–Crippen MR) is 45.4 cm³/mol. The molecule has 1 aromatic rings. The number of benzene rings is 1. The van der Waals surface area contributed by atoms with Crippen molar-refractivity contribution in [3.05, 3.63) is 29.6 Å². The van der Waals surface area contributed by atoms with Gasteiger partial charge in [0.05, 0.1) is 6.54 Å². The lowest BCUT2D eigenvalue weighted by atomic mass is 10.2. The molecule has 4 heteroatoms. The highest BCUT2D eigenvalue weighted by molar-refractivity contribution is 5.97. The van der Waals surface area contributed by atoms with Gasteiger partial charge < -0.3 is 9.84 Å². The van der Waals surface area contributed by atoms with Crippen LogP contribution in [-0.4, -0.2) is 24.2 Å². The van der Waals surface area contributed by atoms with Gasteiger partial charge in [-0.15, -0.1) is 0 Å². The zero-order valence-electron chi connectivity index (χ0n) is 6.83. The van der Waals surface area contributed by atoms with Crippen molar-refractivity contribution >= 4 is 5.90 Å². The van der Waals surface area contributed by atoms with Crippen LogP contribution in [0.15, 0.2) is 23.2 Å². The van der Waals surface area contributed by atoms with E-state index in [0.717, 1.165) is 0 Å². The number of hydrogen-bond donors (Lipinski definition) is 1. The maximum absolute atomic E-state index is 13.2. The van der Waals surface area contributed by atoms with Gasteiger partial charge in [-0.2, -0.15) is 0 Å². The molecule has 1 N–H and O–H groups in total. The third-order valence-electron chi connectivity index (χ3n) is 1.79. The van der Waals surface area contributed by atoms with Crippen molar-refractivity contribution in [3.63, 3.8) is 0 Å². The fraction of sp³-hybridized carbons (Fsp3) is 0.222. The van der Waals surface area contributed by atoms with E-state index in [2.05, 4.69) is 4.99 Å². The van der Waals surface area contributed by atoms with Crippen LogP contribution in [0, 0.1) is 5.82 Å². The van der Waals surface area contributed by atoms with Crippen LogP contribution >= 0.6 is 0 Å². The average molecular weight is 181 g/mol. The molecule has 1 aromatic carbocycles. The summed E-state index contributed by atoms with van der Waals surface area (Å²) in [6, 6.07) is 4.10. The number of hydrogen-bond acceptors (Lipinski definition) is 3. The van der Waals surface area contributed by atoms with E-state index in [1.165, 1.54) is 18.2 Å². The van der Waals surface area contributed by atoms with Crippen LogP contribution in [0.4, 0.5) is 4.39 Å². The number of ether oxygens (including phenoxy) is 1. The summed E-state index contributed by atoms with van der Waals surface area (Å²) in [7, 11) is 0. The Bertz CT molecular complexity index is 342. The standard InChI is InChI=1S/C9H8FNO2/c10-6-2-1-3-7(12)8(6)9-11-4-5-13-9/h1-3,12H,4-5H2. The van der Waals surface area contributed by atoms with Crippen molar-refractivity contribution < 1.29 is 14.2 Å². The number of rotatable bonds is 1. The Labute approximate surface area is 74.5 Å². The number of phenolic OH excluding ortho intramolecular Hbond substituents is 1. The van der Waals surface area contributed by atoms with Crippen molar-refractivity contribution in [1.29, 1.82) is 0 Å². The Morgan fingerprint density at radius 2 is 2.31 bits per heavy atom. The number of phenols is 1. The number of aromatic hydroxyl groups is 1. The first-order chi connectivity index (χ1) is 6.29. The monoisotopic (exact) mass is 181 g/mol. The summed E-state index contributed by atoms with van der Waals surface area (Å²) < 4.78 is 18.2. The van der Waals surface area contributed by atoms with Crippen LogP contribution in [0.1, 0.15) is 5.56 Å². The molecule has 3 nitrogen and oxygen atoms in total. The molecule has 0 aliphatic carbocycles. The van der Waals surface area contributed by atoms with E-state index in [9.17, 15) is 9.50 Å². The van der Waals surface area contributed by atoms with Crippen LogP contribution in [0.25, 0.3) is 0 Å². The zero-order valence-corrected chi connectivity index (χ0v) is 6.83. The topological polar surface area (TPSA) is 41.8 Å². The average Bonchev–Trinajstić information content (AvgIpc) is 2.57. The van der Waals surface area contributed by atoms with Crippen LogP contribution in [-0.2, 0) is 4.74 Å². The third kappa shape index (κ3) is 1.35. The second-order valence-corrected chi connectivity index (χ2v) is 2.67. The van der Waals surface area contributed by atoms with Gasteiger partial charge in [0.2, 0.25) is 5.90 Å². The van der Waals surface area contributed by atoms with E-state index < -0.39 is 5.82 Å². The largest absolute Gasteiger partial charge is 0.507 e. The molecule has 0 fully saturated rings. The van der Waals surface area contributed by atoms with Crippen LogP contribution in [0.3, 0.4) is 0 Å². The first kappa shape index (κ1) is 8.04. The van der Waals surface area contributed by atoms with Crippen LogP contribution in [0.2, 0.25) is 0 Å². The fourth-order valence-electron chi connectivity index (χ4n) is 1.21. The fourth-order valence-corrected chi connectivity index (χ4v) is 1.21. The lowest BCUT2D eigenvalue weighted by molar-refractivity contribution is 0.344. The summed E-state index contributed by atoms with van der Waals surface area (Å²) in [4.78, 5) is 3.92. The van der Waals surface area contributed by atoms with Crippen molar-refractivity contribution in [1.82, 2.24) is 0 Å². The Morgan fingerprint density at radius 1 is 1.46 bits per heavy atom. The first-order valence-corrected chi connectivity index (χ1v) is 3.94. The lowest BCUT2D eigenvalue weighted by Gasteiger charge is -2.04. The molecule has 0 spiro atoms. The second kappa shape index (κ2) is 3.05. The Kier molecular flexibility index (Phi) is 1.88. The van der Waals surface area contributed by atoms with Gasteiger partial charge in [-0.1, -0.05) is 6.07 Å². The first-order valence-electron chi connectivity index (χ1n) is 3.94. The minimum Gasteiger partial charge on any atom is -0.507 e. The maximum atomic E-state index is 13.2. The molecular weight excluding hydrogens is 173 g/mol. The maximum Gasteiger partial charge on any atom is 0.223 e. The predicted octanol–water partition coefficient (Wildman–Crippen LogP) is 1.31. The van der Waals surface area contributed by atoms with Gasteiger partial charge in [0.25, 0.3) is 0 Å². The van der Waals surface area contributed by atoms with Crippen LogP contribution in [0.5, 0.6) is 5.75 Å². The molecule has 0 amide bonds. The molecular formula is C9H8FNO2.